The first-order valence-electron chi connectivity index (χ1n) is 9.27. The van der Waals surface area contributed by atoms with Crippen LogP contribution in [-0.4, -0.2) is 66.9 Å². The van der Waals surface area contributed by atoms with E-state index in [0.29, 0.717) is 19.5 Å². The third-order valence-electron chi connectivity index (χ3n) is 4.41. The van der Waals surface area contributed by atoms with E-state index in [0.717, 1.165) is 5.56 Å². The summed E-state index contributed by atoms with van der Waals surface area (Å²) >= 11 is 0. The Morgan fingerprint density at radius 1 is 1.22 bits per heavy atom. The molecule has 1 heterocycles. The molecule has 1 aliphatic heterocycles. The Morgan fingerprint density at radius 3 is 2.48 bits per heavy atom. The maximum atomic E-state index is 12.4. The average molecular weight is 377 g/mol. The molecule has 2 rings (SSSR count). The highest BCUT2D eigenvalue weighted by molar-refractivity contribution is 5.69. The van der Waals surface area contributed by atoms with E-state index in [1.54, 1.807) is 4.90 Å². The van der Waals surface area contributed by atoms with Crippen LogP contribution in [0.4, 0.5) is 9.59 Å². The van der Waals surface area contributed by atoms with Crippen LogP contribution in [0.25, 0.3) is 0 Å². The van der Waals surface area contributed by atoms with Crippen LogP contribution < -0.4 is 5.32 Å². The topological polar surface area (TPSA) is 71.1 Å². The number of carbonyl (C=O) groups excluding carboxylic acids is 2. The van der Waals surface area contributed by atoms with Gasteiger partial charge in [0.15, 0.2) is 0 Å². The van der Waals surface area contributed by atoms with Crippen molar-refractivity contribution in [2.24, 2.45) is 0 Å². The summed E-state index contributed by atoms with van der Waals surface area (Å²) in [6.45, 7) is 6.77. The van der Waals surface area contributed by atoms with Gasteiger partial charge in [0.2, 0.25) is 0 Å². The number of likely N-dealkylation sites (N-methyl/N-ethyl adjacent to an activating group) is 1. The molecule has 0 bridgehead atoms. The molecule has 2 amide bonds. The van der Waals surface area contributed by atoms with Gasteiger partial charge in [-0.05, 0) is 46.9 Å². The maximum Gasteiger partial charge on any atom is 0.410 e. The van der Waals surface area contributed by atoms with E-state index in [1.165, 1.54) is 0 Å². The Hall–Kier alpha value is -2.28. The molecule has 1 fully saturated rings. The van der Waals surface area contributed by atoms with Gasteiger partial charge in [0.05, 0.1) is 6.04 Å². The Morgan fingerprint density at radius 2 is 1.89 bits per heavy atom. The standard InChI is InChI=1S/C20H31N3O4/c1-20(2,3)27-18(24)21-16-11-12-23(13-17(16)22(4)5)19(25)26-14-15-9-7-6-8-10-15/h6-10,16-17H,11-14H2,1-5H3,(H,21,24)/t16-,17?/m0/s1. The van der Waals surface area contributed by atoms with E-state index in [-0.39, 0.29) is 24.8 Å². The summed E-state index contributed by atoms with van der Waals surface area (Å²) < 4.78 is 10.8. The zero-order chi connectivity index (χ0) is 20.0. The van der Waals surface area contributed by atoms with Crippen LogP contribution in [0, 0.1) is 0 Å². The molecule has 7 heteroatoms. The number of hydrogen-bond acceptors (Lipinski definition) is 5. The van der Waals surface area contributed by atoms with Gasteiger partial charge in [-0.25, -0.2) is 9.59 Å². The summed E-state index contributed by atoms with van der Waals surface area (Å²) in [4.78, 5) is 28.2. The summed E-state index contributed by atoms with van der Waals surface area (Å²) in [5.41, 5.74) is 0.413. The summed E-state index contributed by atoms with van der Waals surface area (Å²) in [6.07, 6.45) is -0.122. The highest BCUT2D eigenvalue weighted by Gasteiger charge is 2.35. The average Bonchev–Trinajstić information content (AvgIpc) is 2.59. The van der Waals surface area contributed by atoms with E-state index >= 15 is 0 Å². The van der Waals surface area contributed by atoms with E-state index in [9.17, 15) is 9.59 Å². The normalized spacial score (nSPS) is 20.3. The second-order valence-electron chi connectivity index (χ2n) is 8.06. The van der Waals surface area contributed by atoms with Crippen molar-refractivity contribution in [3.05, 3.63) is 35.9 Å². The molecule has 0 aromatic heterocycles. The molecular formula is C20H31N3O4. The number of likely N-dealkylation sites (tertiary alicyclic amines) is 1. The van der Waals surface area contributed by atoms with Crippen LogP contribution in [0.1, 0.15) is 32.8 Å². The Bertz CT molecular complexity index is 628. The van der Waals surface area contributed by atoms with Crippen molar-refractivity contribution in [3.8, 4) is 0 Å². The van der Waals surface area contributed by atoms with Crippen LogP contribution in [0.3, 0.4) is 0 Å². The quantitative estimate of drug-likeness (QED) is 0.874. The fourth-order valence-corrected chi connectivity index (χ4v) is 3.06. The molecule has 0 aliphatic carbocycles. The van der Waals surface area contributed by atoms with Crippen molar-refractivity contribution in [1.29, 1.82) is 0 Å². The van der Waals surface area contributed by atoms with Crippen molar-refractivity contribution in [2.45, 2.75) is 51.5 Å². The molecule has 1 unspecified atom stereocenters. The van der Waals surface area contributed by atoms with E-state index < -0.39 is 11.7 Å². The minimum atomic E-state index is -0.542. The Balaban J connectivity index is 1.90. The van der Waals surface area contributed by atoms with Crippen LogP contribution in [0.2, 0.25) is 0 Å². The monoisotopic (exact) mass is 377 g/mol. The number of nitrogens with zero attached hydrogens (tertiary/aromatic N) is 2. The lowest BCUT2D eigenvalue weighted by atomic mass is 9.99. The van der Waals surface area contributed by atoms with Gasteiger partial charge >= 0.3 is 12.2 Å². The van der Waals surface area contributed by atoms with Gasteiger partial charge in [0, 0.05) is 19.1 Å². The van der Waals surface area contributed by atoms with E-state index in [2.05, 4.69) is 5.32 Å². The molecule has 0 radical (unpaired) electrons. The van der Waals surface area contributed by atoms with Crippen LogP contribution in [0.15, 0.2) is 30.3 Å². The first-order chi connectivity index (χ1) is 12.7. The molecule has 1 saturated heterocycles. The number of hydrogen-bond donors (Lipinski definition) is 1. The van der Waals surface area contributed by atoms with Crippen molar-refractivity contribution in [1.82, 2.24) is 15.1 Å². The van der Waals surface area contributed by atoms with Gasteiger partial charge in [-0.15, -0.1) is 0 Å². The predicted molar refractivity (Wildman–Crippen MR) is 103 cm³/mol. The summed E-state index contributed by atoms with van der Waals surface area (Å²) in [5.74, 6) is 0. The fraction of sp³-hybridized carbons (Fsp3) is 0.600. The second-order valence-corrected chi connectivity index (χ2v) is 8.06. The number of benzene rings is 1. The Kier molecular flexibility index (Phi) is 7.07. The molecule has 0 spiro atoms. The molecule has 0 saturated carbocycles. The number of rotatable bonds is 4. The molecule has 150 valence electrons. The zero-order valence-corrected chi connectivity index (χ0v) is 16.9. The van der Waals surface area contributed by atoms with Gasteiger partial charge in [-0.3, -0.25) is 0 Å². The molecular weight excluding hydrogens is 346 g/mol. The largest absolute Gasteiger partial charge is 0.445 e. The SMILES string of the molecule is CN(C)C1CN(C(=O)OCc2ccccc2)CC[C@@H]1NC(=O)OC(C)(C)C. The predicted octanol–water partition coefficient (Wildman–Crippen LogP) is 2.85. The van der Waals surface area contributed by atoms with E-state index in [1.807, 2.05) is 70.1 Å². The number of ether oxygens (including phenoxy) is 2. The number of carbonyl (C=O) groups is 2. The number of piperidine rings is 1. The van der Waals surface area contributed by atoms with Crippen molar-refractivity contribution in [3.63, 3.8) is 0 Å². The molecule has 2 atom stereocenters. The van der Waals surface area contributed by atoms with Crippen LogP contribution in [0.5, 0.6) is 0 Å². The van der Waals surface area contributed by atoms with Gasteiger partial charge in [0.25, 0.3) is 0 Å². The number of nitrogens with one attached hydrogen (secondary N) is 1. The fourth-order valence-electron chi connectivity index (χ4n) is 3.06. The van der Waals surface area contributed by atoms with Crippen molar-refractivity contribution < 1.29 is 19.1 Å². The van der Waals surface area contributed by atoms with Gasteiger partial charge < -0.3 is 24.6 Å². The highest BCUT2D eigenvalue weighted by atomic mass is 16.6. The lowest BCUT2D eigenvalue weighted by Crippen LogP contribution is -2.60. The van der Waals surface area contributed by atoms with Gasteiger partial charge in [-0.2, -0.15) is 0 Å². The maximum absolute atomic E-state index is 12.4. The zero-order valence-electron chi connectivity index (χ0n) is 16.9. The van der Waals surface area contributed by atoms with Crippen LogP contribution in [-0.2, 0) is 16.1 Å². The van der Waals surface area contributed by atoms with Gasteiger partial charge in [-0.1, -0.05) is 30.3 Å². The smallest absolute Gasteiger partial charge is 0.410 e. The second kappa shape index (κ2) is 9.08. The number of amides is 2. The minimum Gasteiger partial charge on any atom is -0.445 e. The first-order valence-corrected chi connectivity index (χ1v) is 9.27. The van der Waals surface area contributed by atoms with Crippen LogP contribution >= 0.6 is 0 Å². The molecule has 1 aromatic carbocycles. The van der Waals surface area contributed by atoms with Crippen molar-refractivity contribution >= 4 is 12.2 Å². The summed E-state index contributed by atoms with van der Waals surface area (Å²) in [6, 6.07) is 9.50. The minimum absolute atomic E-state index is 0.0180. The Labute approximate surface area is 161 Å². The molecule has 1 aliphatic rings. The summed E-state index contributed by atoms with van der Waals surface area (Å²) in [7, 11) is 3.88. The number of alkyl carbamates (subject to hydrolysis) is 1. The third-order valence-corrected chi connectivity index (χ3v) is 4.41. The molecule has 7 nitrogen and oxygen atoms in total. The lowest BCUT2D eigenvalue weighted by Gasteiger charge is -2.41. The highest BCUT2D eigenvalue weighted by Crippen LogP contribution is 2.17. The lowest BCUT2D eigenvalue weighted by molar-refractivity contribution is 0.0366. The molecule has 27 heavy (non-hydrogen) atoms. The molecule has 1 N–H and O–H groups in total. The van der Waals surface area contributed by atoms with E-state index in [4.69, 9.17) is 9.47 Å². The molecule has 1 aromatic rings. The summed E-state index contributed by atoms with van der Waals surface area (Å²) in [5, 5.41) is 2.94. The van der Waals surface area contributed by atoms with Crippen molar-refractivity contribution in [2.75, 3.05) is 27.2 Å². The van der Waals surface area contributed by atoms with Gasteiger partial charge in [0.1, 0.15) is 12.2 Å². The first kappa shape index (κ1) is 21.0. The third kappa shape index (κ3) is 6.75.